The third-order valence-electron chi connectivity index (χ3n) is 10.1. The maximum absolute atomic E-state index is 9.81. The van der Waals surface area contributed by atoms with Crippen molar-refractivity contribution in [3.8, 4) is 84.7 Å². The van der Waals surface area contributed by atoms with Gasteiger partial charge in [-0.3, -0.25) is 0 Å². The van der Waals surface area contributed by atoms with Gasteiger partial charge in [-0.1, -0.05) is 158 Å². The van der Waals surface area contributed by atoms with Crippen molar-refractivity contribution in [1.29, 1.82) is 5.26 Å². The van der Waals surface area contributed by atoms with Crippen molar-refractivity contribution in [2.45, 2.75) is 0 Å². The predicted molar refractivity (Wildman–Crippen MR) is 211 cm³/mol. The Balaban J connectivity index is 1.23. The summed E-state index contributed by atoms with van der Waals surface area (Å²) in [6, 6.07) is 61.0. The fourth-order valence-electron chi connectivity index (χ4n) is 7.79. The van der Waals surface area contributed by atoms with Gasteiger partial charge in [0.1, 0.15) is 0 Å². The van der Waals surface area contributed by atoms with Gasteiger partial charge >= 0.3 is 0 Å². The molecule has 1 aliphatic rings. The summed E-state index contributed by atoms with van der Waals surface area (Å²) < 4.78 is 0. The SMILES string of the molecule is N#Cc1cccc(-c2ccc3c4c(ccc(-c5cccc6c(-c7nc(-c8ccccc8)nc(-c8ccccc8)n7)cccc56)c24)-c2ccccc2-3)c1. The second kappa shape index (κ2) is 12.0. The molecule has 1 aliphatic carbocycles. The molecule has 240 valence electrons. The van der Waals surface area contributed by atoms with Gasteiger partial charge < -0.3 is 0 Å². The third-order valence-corrected chi connectivity index (χ3v) is 10.1. The Hall–Kier alpha value is -7.22. The Morgan fingerprint density at radius 1 is 0.327 bits per heavy atom. The van der Waals surface area contributed by atoms with E-state index in [9.17, 15) is 5.26 Å². The van der Waals surface area contributed by atoms with Crippen LogP contribution in [-0.4, -0.2) is 15.0 Å². The quantitative estimate of drug-likeness (QED) is 0.184. The number of hydrogen-bond acceptors (Lipinski definition) is 4. The summed E-state index contributed by atoms with van der Waals surface area (Å²) in [5.74, 6) is 1.89. The highest BCUT2D eigenvalue weighted by atomic mass is 15.0. The Kier molecular flexibility index (Phi) is 6.84. The molecule has 52 heavy (non-hydrogen) atoms. The van der Waals surface area contributed by atoms with Crippen molar-refractivity contribution in [3.05, 3.63) is 175 Å². The summed E-state index contributed by atoms with van der Waals surface area (Å²) in [7, 11) is 0. The van der Waals surface area contributed by atoms with E-state index < -0.39 is 0 Å². The summed E-state index contributed by atoms with van der Waals surface area (Å²) in [6.45, 7) is 0. The van der Waals surface area contributed by atoms with Crippen molar-refractivity contribution in [2.75, 3.05) is 0 Å². The van der Waals surface area contributed by atoms with Crippen LogP contribution in [0.3, 0.4) is 0 Å². The van der Waals surface area contributed by atoms with E-state index in [4.69, 9.17) is 15.0 Å². The van der Waals surface area contributed by atoms with E-state index in [1.54, 1.807) is 0 Å². The second-order valence-corrected chi connectivity index (χ2v) is 13.1. The Morgan fingerprint density at radius 3 is 1.38 bits per heavy atom. The molecule has 0 aliphatic heterocycles. The summed E-state index contributed by atoms with van der Waals surface area (Å²) in [5.41, 5.74) is 12.8. The van der Waals surface area contributed by atoms with Crippen molar-refractivity contribution >= 4 is 21.5 Å². The first-order valence-corrected chi connectivity index (χ1v) is 17.3. The molecule has 0 radical (unpaired) electrons. The molecular formula is C48H28N4. The minimum absolute atomic E-state index is 0.625. The van der Waals surface area contributed by atoms with Gasteiger partial charge in [0.25, 0.3) is 0 Å². The van der Waals surface area contributed by atoms with Crippen LogP contribution >= 0.6 is 0 Å². The van der Waals surface area contributed by atoms with Gasteiger partial charge in [-0.15, -0.1) is 0 Å². The van der Waals surface area contributed by atoms with E-state index in [1.165, 1.54) is 33.0 Å². The largest absolute Gasteiger partial charge is 0.208 e. The summed E-state index contributed by atoms with van der Waals surface area (Å²) in [6.07, 6.45) is 0. The molecule has 0 spiro atoms. The zero-order chi connectivity index (χ0) is 34.6. The Bertz CT molecular complexity index is 2820. The first-order chi connectivity index (χ1) is 25.7. The molecule has 0 saturated carbocycles. The first-order valence-electron chi connectivity index (χ1n) is 17.3. The lowest BCUT2D eigenvalue weighted by Crippen LogP contribution is -2.00. The molecule has 1 heterocycles. The number of rotatable bonds is 5. The smallest absolute Gasteiger partial charge is 0.164 e. The maximum atomic E-state index is 9.81. The highest BCUT2D eigenvalue weighted by molar-refractivity contribution is 6.24. The van der Waals surface area contributed by atoms with Gasteiger partial charge in [-0.05, 0) is 78.2 Å². The van der Waals surface area contributed by atoms with Crippen LogP contribution in [0.1, 0.15) is 5.56 Å². The summed E-state index contributed by atoms with van der Waals surface area (Å²) in [4.78, 5) is 15.1. The average Bonchev–Trinajstić information content (AvgIpc) is 3.55. The average molecular weight is 661 g/mol. The van der Waals surface area contributed by atoms with Crippen LogP contribution in [-0.2, 0) is 0 Å². The van der Waals surface area contributed by atoms with Crippen molar-refractivity contribution in [2.24, 2.45) is 0 Å². The van der Waals surface area contributed by atoms with E-state index >= 15 is 0 Å². The minimum atomic E-state index is 0.625. The van der Waals surface area contributed by atoms with E-state index in [-0.39, 0.29) is 0 Å². The van der Waals surface area contributed by atoms with E-state index in [2.05, 4.69) is 97.1 Å². The molecule has 0 bridgehead atoms. The topological polar surface area (TPSA) is 62.5 Å². The number of aromatic nitrogens is 3. The van der Waals surface area contributed by atoms with Crippen LogP contribution in [0.5, 0.6) is 0 Å². The lowest BCUT2D eigenvalue weighted by atomic mass is 9.86. The van der Waals surface area contributed by atoms with Crippen LogP contribution in [0.4, 0.5) is 0 Å². The number of hydrogen-bond donors (Lipinski definition) is 0. The third kappa shape index (κ3) is 4.72. The van der Waals surface area contributed by atoms with E-state index in [1.807, 2.05) is 78.9 Å². The number of benzene rings is 8. The van der Waals surface area contributed by atoms with Crippen molar-refractivity contribution in [3.63, 3.8) is 0 Å². The first kappa shape index (κ1) is 29.7. The fourth-order valence-corrected chi connectivity index (χ4v) is 7.79. The molecule has 0 fully saturated rings. The maximum Gasteiger partial charge on any atom is 0.164 e. The standard InChI is InChI=1S/C48H28N4/c49-29-30-12-9-17-33(28-30)34-24-25-41-36-18-7-8-19-37(36)42-27-26-40(44(34)45(41)42)38-21-10-22-39-35(38)20-11-23-43(39)48-51-46(31-13-3-1-4-14-31)50-47(52-48)32-15-5-2-6-16-32/h1-28H. The highest BCUT2D eigenvalue weighted by Crippen LogP contribution is 2.52. The molecule has 1 aromatic heterocycles. The molecule has 9 aromatic rings. The van der Waals surface area contributed by atoms with Crippen LogP contribution in [0.15, 0.2) is 170 Å². The molecule has 0 saturated heterocycles. The Labute approximate surface area is 301 Å². The lowest BCUT2D eigenvalue weighted by molar-refractivity contribution is 1.08. The molecule has 8 aromatic carbocycles. The van der Waals surface area contributed by atoms with Crippen molar-refractivity contribution < 1.29 is 0 Å². The molecule has 0 N–H and O–H groups in total. The molecule has 0 atom stereocenters. The fraction of sp³-hybridized carbons (Fsp3) is 0. The number of nitriles is 1. The number of nitrogens with zero attached hydrogens (tertiary/aromatic N) is 4. The zero-order valence-corrected chi connectivity index (χ0v) is 28.0. The second-order valence-electron chi connectivity index (χ2n) is 13.1. The molecule has 0 amide bonds. The van der Waals surface area contributed by atoms with Gasteiger partial charge in [0.15, 0.2) is 17.5 Å². The zero-order valence-electron chi connectivity index (χ0n) is 28.0. The molecule has 4 nitrogen and oxygen atoms in total. The summed E-state index contributed by atoms with van der Waals surface area (Å²) >= 11 is 0. The predicted octanol–water partition coefficient (Wildman–Crippen LogP) is 12.0. The Morgan fingerprint density at radius 2 is 0.769 bits per heavy atom. The van der Waals surface area contributed by atoms with Crippen LogP contribution in [0, 0.1) is 11.3 Å². The molecule has 10 rings (SSSR count). The highest BCUT2D eigenvalue weighted by Gasteiger charge is 2.25. The molecular weight excluding hydrogens is 633 g/mol. The lowest BCUT2D eigenvalue weighted by Gasteiger charge is -2.17. The monoisotopic (exact) mass is 660 g/mol. The van der Waals surface area contributed by atoms with Crippen LogP contribution in [0.25, 0.3) is 100 Å². The van der Waals surface area contributed by atoms with E-state index in [0.29, 0.717) is 23.0 Å². The van der Waals surface area contributed by atoms with Gasteiger partial charge in [0.2, 0.25) is 0 Å². The minimum Gasteiger partial charge on any atom is -0.208 e. The molecule has 0 unspecified atom stereocenters. The van der Waals surface area contributed by atoms with Gasteiger partial charge in [0.05, 0.1) is 11.6 Å². The molecule has 4 heteroatoms. The van der Waals surface area contributed by atoms with Crippen molar-refractivity contribution in [1.82, 2.24) is 15.0 Å². The van der Waals surface area contributed by atoms with Crippen LogP contribution < -0.4 is 0 Å². The van der Waals surface area contributed by atoms with E-state index in [0.717, 1.165) is 49.7 Å². The van der Waals surface area contributed by atoms with Gasteiger partial charge in [-0.2, -0.15) is 5.26 Å². The summed E-state index contributed by atoms with van der Waals surface area (Å²) in [5, 5.41) is 14.4. The van der Waals surface area contributed by atoms with Crippen LogP contribution in [0.2, 0.25) is 0 Å². The van der Waals surface area contributed by atoms with Gasteiger partial charge in [0, 0.05) is 16.7 Å². The normalized spacial score (nSPS) is 11.4. The van der Waals surface area contributed by atoms with Gasteiger partial charge in [-0.25, -0.2) is 15.0 Å². The number of fused-ring (bicyclic) bond motifs is 4.